The van der Waals surface area contributed by atoms with Crippen LogP contribution in [-0.4, -0.2) is 17.6 Å². The highest BCUT2D eigenvalue weighted by atomic mass is 35.5. The van der Waals surface area contributed by atoms with Gasteiger partial charge in [-0.2, -0.15) is 0 Å². The topological polar surface area (TPSA) is 61.4 Å². The number of benzene rings is 2. The van der Waals surface area contributed by atoms with Gasteiger partial charge in [-0.1, -0.05) is 41.4 Å². The number of carbonyl (C=O) groups excluding carboxylic acids is 1. The second-order valence-corrected chi connectivity index (χ2v) is 4.87. The predicted octanol–water partition coefficient (Wildman–Crippen LogP) is 3.75. The summed E-state index contributed by atoms with van der Waals surface area (Å²) in [7, 11) is 0. The Labute approximate surface area is 126 Å². The van der Waals surface area contributed by atoms with Gasteiger partial charge in [0.15, 0.2) is 5.75 Å². The lowest BCUT2D eigenvalue weighted by Crippen LogP contribution is -2.21. The van der Waals surface area contributed by atoms with Crippen LogP contribution in [0.25, 0.3) is 0 Å². The van der Waals surface area contributed by atoms with Crippen LogP contribution in [0.5, 0.6) is 5.75 Å². The van der Waals surface area contributed by atoms with Crippen molar-refractivity contribution < 1.29 is 9.90 Å². The summed E-state index contributed by atoms with van der Waals surface area (Å²) in [6.45, 7) is 0.111. The van der Waals surface area contributed by atoms with E-state index in [4.69, 9.17) is 23.2 Å². The number of nitrogens with one attached hydrogen (secondary N) is 2. The Morgan fingerprint density at radius 3 is 2.25 bits per heavy atom. The van der Waals surface area contributed by atoms with Gasteiger partial charge in [0, 0.05) is 11.4 Å². The number of hydrogen-bond acceptors (Lipinski definition) is 3. The van der Waals surface area contributed by atoms with Gasteiger partial charge in [0.25, 0.3) is 0 Å². The summed E-state index contributed by atoms with van der Waals surface area (Å²) in [5.74, 6) is -0.444. The summed E-state index contributed by atoms with van der Waals surface area (Å²) < 4.78 is 0. The molecule has 4 nitrogen and oxygen atoms in total. The number of phenolic OH excluding ortho intramolecular Hbond substituents is 1. The van der Waals surface area contributed by atoms with E-state index in [0.717, 1.165) is 5.69 Å². The van der Waals surface area contributed by atoms with Crippen molar-refractivity contribution in [3.05, 3.63) is 52.5 Å². The number of para-hydroxylation sites is 1. The summed E-state index contributed by atoms with van der Waals surface area (Å²) in [5, 5.41) is 15.2. The lowest BCUT2D eigenvalue weighted by Gasteiger charge is -2.09. The van der Waals surface area contributed by atoms with E-state index in [1.165, 1.54) is 12.1 Å². The molecule has 0 fully saturated rings. The van der Waals surface area contributed by atoms with Gasteiger partial charge in [-0.3, -0.25) is 4.79 Å². The first-order chi connectivity index (χ1) is 9.56. The molecule has 0 aliphatic heterocycles. The number of halogens is 2. The quantitative estimate of drug-likeness (QED) is 0.754. The van der Waals surface area contributed by atoms with Crippen molar-refractivity contribution in [2.75, 3.05) is 17.2 Å². The molecular formula is C14H12Cl2N2O2. The van der Waals surface area contributed by atoms with E-state index in [1.807, 2.05) is 30.3 Å². The second-order valence-electron chi connectivity index (χ2n) is 4.06. The SMILES string of the molecule is O=C(CNc1ccccc1)Nc1cc(Cl)c(O)c(Cl)c1. The zero-order valence-electron chi connectivity index (χ0n) is 10.4. The van der Waals surface area contributed by atoms with Crippen LogP contribution >= 0.6 is 23.2 Å². The molecule has 0 bridgehead atoms. The molecule has 2 rings (SSSR count). The van der Waals surface area contributed by atoms with Crippen LogP contribution in [0.3, 0.4) is 0 Å². The zero-order chi connectivity index (χ0) is 14.5. The number of anilines is 2. The average molecular weight is 311 g/mol. The first kappa shape index (κ1) is 14.5. The Bertz CT molecular complexity index is 595. The van der Waals surface area contributed by atoms with Gasteiger partial charge in [0.2, 0.25) is 5.91 Å². The summed E-state index contributed by atoms with van der Waals surface area (Å²) in [6.07, 6.45) is 0. The van der Waals surface area contributed by atoms with E-state index < -0.39 is 0 Å². The molecule has 0 heterocycles. The Morgan fingerprint density at radius 2 is 1.65 bits per heavy atom. The molecule has 0 spiro atoms. The standard InChI is InChI=1S/C14H12Cl2N2O2/c15-11-6-10(7-12(16)14(11)20)18-13(19)8-17-9-4-2-1-3-5-9/h1-7,17,20H,8H2,(H,18,19). The maximum atomic E-state index is 11.8. The summed E-state index contributed by atoms with van der Waals surface area (Å²) in [4.78, 5) is 11.8. The minimum Gasteiger partial charge on any atom is -0.505 e. The molecule has 0 aromatic heterocycles. The van der Waals surface area contributed by atoms with Gasteiger partial charge < -0.3 is 15.7 Å². The van der Waals surface area contributed by atoms with Crippen LogP contribution < -0.4 is 10.6 Å². The predicted molar refractivity (Wildman–Crippen MR) is 81.7 cm³/mol. The van der Waals surface area contributed by atoms with E-state index in [0.29, 0.717) is 5.69 Å². The van der Waals surface area contributed by atoms with Crippen molar-refractivity contribution in [1.29, 1.82) is 0 Å². The molecule has 1 amide bonds. The highest BCUT2D eigenvalue weighted by Crippen LogP contribution is 2.34. The van der Waals surface area contributed by atoms with Gasteiger partial charge in [-0.15, -0.1) is 0 Å². The number of hydrogen-bond donors (Lipinski definition) is 3. The van der Waals surface area contributed by atoms with E-state index in [9.17, 15) is 9.90 Å². The molecule has 0 aliphatic carbocycles. The number of rotatable bonds is 4. The van der Waals surface area contributed by atoms with E-state index >= 15 is 0 Å². The molecular weight excluding hydrogens is 299 g/mol. The van der Waals surface area contributed by atoms with Gasteiger partial charge in [-0.25, -0.2) is 0 Å². The summed E-state index contributed by atoms with van der Waals surface area (Å²) in [6, 6.07) is 12.2. The maximum absolute atomic E-state index is 11.8. The average Bonchev–Trinajstić information content (AvgIpc) is 2.43. The highest BCUT2D eigenvalue weighted by molar-refractivity contribution is 6.37. The third-order valence-electron chi connectivity index (χ3n) is 2.53. The molecule has 0 unspecified atom stereocenters. The van der Waals surface area contributed by atoms with E-state index in [2.05, 4.69) is 10.6 Å². The second kappa shape index (κ2) is 6.50. The highest BCUT2D eigenvalue weighted by Gasteiger charge is 2.09. The Kier molecular flexibility index (Phi) is 4.71. The fourth-order valence-electron chi connectivity index (χ4n) is 1.58. The largest absolute Gasteiger partial charge is 0.505 e. The lowest BCUT2D eigenvalue weighted by molar-refractivity contribution is -0.114. The minimum atomic E-state index is -0.244. The Balaban J connectivity index is 1.95. The molecule has 0 atom stereocenters. The van der Waals surface area contributed by atoms with Crippen LogP contribution in [0, 0.1) is 0 Å². The fraction of sp³-hybridized carbons (Fsp3) is 0.0714. The van der Waals surface area contributed by atoms with Crippen molar-refractivity contribution >= 4 is 40.5 Å². The lowest BCUT2D eigenvalue weighted by atomic mass is 10.3. The number of carbonyl (C=O) groups is 1. The molecule has 104 valence electrons. The molecule has 0 saturated carbocycles. The van der Waals surface area contributed by atoms with Crippen LogP contribution in [-0.2, 0) is 4.79 Å². The molecule has 3 N–H and O–H groups in total. The van der Waals surface area contributed by atoms with Gasteiger partial charge >= 0.3 is 0 Å². The molecule has 0 saturated heterocycles. The van der Waals surface area contributed by atoms with Crippen molar-refractivity contribution in [3.63, 3.8) is 0 Å². The van der Waals surface area contributed by atoms with Gasteiger partial charge in [0.1, 0.15) is 0 Å². The van der Waals surface area contributed by atoms with Crippen molar-refractivity contribution in [1.82, 2.24) is 0 Å². The monoisotopic (exact) mass is 310 g/mol. The van der Waals surface area contributed by atoms with Crippen molar-refractivity contribution in [2.45, 2.75) is 0 Å². The fourth-order valence-corrected chi connectivity index (χ4v) is 2.07. The molecule has 6 heteroatoms. The number of phenols is 1. The van der Waals surface area contributed by atoms with Crippen LogP contribution in [0.4, 0.5) is 11.4 Å². The molecule has 20 heavy (non-hydrogen) atoms. The number of aromatic hydroxyl groups is 1. The van der Waals surface area contributed by atoms with E-state index in [1.54, 1.807) is 0 Å². The summed E-state index contributed by atoms with van der Waals surface area (Å²) in [5.41, 5.74) is 1.28. The molecule has 0 aliphatic rings. The van der Waals surface area contributed by atoms with Crippen molar-refractivity contribution in [3.8, 4) is 5.75 Å². The molecule has 0 radical (unpaired) electrons. The Hall–Kier alpha value is -1.91. The first-order valence-electron chi connectivity index (χ1n) is 5.83. The van der Waals surface area contributed by atoms with Crippen LogP contribution in [0.2, 0.25) is 10.0 Å². The van der Waals surface area contributed by atoms with Gasteiger partial charge in [-0.05, 0) is 24.3 Å². The van der Waals surface area contributed by atoms with Crippen LogP contribution in [0.15, 0.2) is 42.5 Å². The maximum Gasteiger partial charge on any atom is 0.243 e. The normalized spacial score (nSPS) is 10.1. The molecule has 2 aromatic rings. The summed E-state index contributed by atoms with van der Waals surface area (Å²) >= 11 is 11.5. The molecule has 2 aromatic carbocycles. The Morgan fingerprint density at radius 1 is 1.05 bits per heavy atom. The smallest absolute Gasteiger partial charge is 0.243 e. The first-order valence-corrected chi connectivity index (χ1v) is 6.58. The van der Waals surface area contributed by atoms with Crippen molar-refractivity contribution in [2.24, 2.45) is 0 Å². The third kappa shape index (κ3) is 3.79. The third-order valence-corrected chi connectivity index (χ3v) is 3.10. The van der Waals surface area contributed by atoms with E-state index in [-0.39, 0.29) is 28.2 Å². The minimum absolute atomic E-state index is 0.0869. The van der Waals surface area contributed by atoms with Gasteiger partial charge in [0.05, 0.1) is 16.6 Å². The zero-order valence-corrected chi connectivity index (χ0v) is 11.9. The van der Waals surface area contributed by atoms with Crippen LogP contribution in [0.1, 0.15) is 0 Å². The number of amides is 1.